The maximum absolute atomic E-state index is 5.80. The predicted octanol–water partition coefficient (Wildman–Crippen LogP) is 3.40. The summed E-state index contributed by atoms with van der Waals surface area (Å²) in [6, 6.07) is 5.84. The standard InChI is InChI=1S/C12H17ClO2/c1-9-5-6-10(11(7-9)14-4)15-12(2,3)8-13/h5-7H,8H2,1-4H3. The van der Waals surface area contributed by atoms with Crippen LogP contribution in [-0.4, -0.2) is 18.6 Å². The van der Waals surface area contributed by atoms with Gasteiger partial charge in [-0.05, 0) is 38.5 Å². The molecule has 0 aliphatic rings. The fourth-order valence-electron chi connectivity index (χ4n) is 1.18. The molecule has 0 N–H and O–H groups in total. The Labute approximate surface area is 96.2 Å². The fraction of sp³-hybridized carbons (Fsp3) is 0.500. The number of benzene rings is 1. The summed E-state index contributed by atoms with van der Waals surface area (Å²) in [7, 11) is 1.63. The molecular weight excluding hydrogens is 212 g/mol. The summed E-state index contributed by atoms with van der Waals surface area (Å²) in [6.45, 7) is 5.90. The second-order valence-corrected chi connectivity index (χ2v) is 4.42. The number of hydrogen-bond acceptors (Lipinski definition) is 2. The first-order valence-electron chi connectivity index (χ1n) is 4.88. The van der Waals surface area contributed by atoms with Crippen molar-refractivity contribution in [2.45, 2.75) is 26.4 Å². The lowest BCUT2D eigenvalue weighted by atomic mass is 10.1. The monoisotopic (exact) mass is 228 g/mol. The molecular formula is C12H17ClO2. The minimum atomic E-state index is -0.385. The number of methoxy groups -OCH3 is 1. The summed E-state index contributed by atoms with van der Waals surface area (Å²) in [5.74, 6) is 1.91. The number of alkyl halides is 1. The molecule has 1 aromatic rings. The SMILES string of the molecule is COc1cc(C)ccc1OC(C)(C)CCl. The summed E-state index contributed by atoms with van der Waals surface area (Å²) in [6.07, 6.45) is 0. The Morgan fingerprint density at radius 2 is 1.93 bits per heavy atom. The van der Waals surface area contributed by atoms with Crippen molar-refractivity contribution in [3.05, 3.63) is 23.8 Å². The van der Waals surface area contributed by atoms with Crippen LogP contribution >= 0.6 is 11.6 Å². The topological polar surface area (TPSA) is 18.5 Å². The molecule has 1 rings (SSSR count). The number of hydrogen-bond donors (Lipinski definition) is 0. The maximum Gasteiger partial charge on any atom is 0.162 e. The molecule has 0 aromatic heterocycles. The second-order valence-electron chi connectivity index (χ2n) is 4.15. The third-order valence-electron chi connectivity index (χ3n) is 2.03. The zero-order valence-corrected chi connectivity index (χ0v) is 10.4. The van der Waals surface area contributed by atoms with E-state index in [0.717, 1.165) is 17.1 Å². The third kappa shape index (κ3) is 3.31. The molecule has 0 amide bonds. The van der Waals surface area contributed by atoms with E-state index in [0.29, 0.717) is 5.88 Å². The van der Waals surface area contributed by atoms with Crippen LogP contribution in [0.3, 0.4) is 0 Å². The van der Waals surface area contributed by atoms with Crippen LogP contribution < -0.4 is 9.47 Å². The number of halogens is 1. The van der Waals surface area contributed by atoms with Crippen LogP contribution in [0, 0.1) is 6.92 Å². The summed E-state index contributed by atoms with van der Waals surface area (Å²) >= 11 is 5.80. The Kier molecular flexibility index (Phi) is 3.86. The third-order valence-corrected chi connectivity index (χ3v) is 2.67. The molecule has 0 unspecified atom stereocenters. The molecule has 0 saturated carbocycles. The molecule has 2 nitrogen and oxygen atoms in total. The average Bonchev–Trinajstić information content (AvgIpc) is 2.20. The number of ether oxygens (including phenoxy) is 2. The Morgan fingerprint density at radius 3 is 2.47 bits per heavy atom. The highest BCUT2D eigenvalue weighted by atomic mass is 35.5. The van der Waals surface area contributed by atoms with Crippen LogP contribution in [0.1, 0.15) is 19.4 Å². The van der Waals surface area contributed by atoms with Gasteiger partial charge in [-0.15, -0.1) is 11.6 Å². The van der Waals surface area contributed by atoms with Gasteiger partial charge in [-0.1, -0.05) is 6.07 Å². The van der Waals surface area contributed by atoms with Gasteiger partial charge in [0.2, 0.25) is 0 Å². The van der Waals surface area contributed by atoms with Gasteiger partial charge in [-0.2, -0.15) is 0 Å². The first-order chi connectivity index (χ1) is 6.98. The Bertz CT molecular complexity index is 334. The van der Waals surface area contributed by atoms with E-state index in [9.17, 15) is 0 Å². The van der Waals surface area contributed by atoms with E-state index < -0.39 is 0 Å². The van der Waals surface area contributed by atoms with Gasteiger partial charge >= 0.3 is 0 Å². The van der Waals surface area contributed by atoms with Crippen molar-refractivity contribution in [1.29, 1.82) is 0 Å². The molecule has 0 aliphatic carbocycles. The van der Waals surface area contributed by atoms with Gasteiger partial charge in [0.05, 0.1) is 13.0 Å². The molecule has 0 aliphatic heterocycles. The number of rotatable bonds is 4. The molecule has 0 atom stereocenters. The minimum absolute atomic E-state index is 0.385. The molecule has 0 spiro atoms. The summed E-state index contributed by atoms with van der Waals surface area (Å²) < 4.78 is 11.0. The second kappa shape index (κ2) is 4.75. The van der Waals surface area contributed by atoms with Crippen molar-refractivity contribution in [2.24, 2.45) is 0 Å². The van der Waals surface area contributed by atoms with Gasteiger partial charge in [0, 0.05) is 0 Å². The largest absolute Gasteiger partial charge is 0.493 e. The molecule has 1 aromatic carbocycles. The Balaban J connectivity index is 2.94. The Morgan fingerprint density at radius 1 is 1.27 bits per heavy atom. The smallest absolute Gasteiger partial charge is 0.162 e. The van der Waals surface area contributed by atoms with E-state index in [2.05, 4.69) is 0 Å². The van der Waals surface area contributed by atoms with Gasteiger partial charge in [0.25, 0.3) is 0 Å². The van der Waals surface area contributed by atoms with Gasteiger partial charge in [0.15, 0.2) is 11.5 Å². The first-order valence-corrected chi connectivity index (χ1v) is 5.41. The minimum Gasteiger partial charge on any atom is -0.493 e. The zero-order valence-electron chi connectivity index (χ0n) is 9.63. The predicted molar refractivity (Wildman–Crippen MR) is 63.2 cm³/mol. The van der Waals surface area contributed by atoms with Gasteiger partial charge in [0.1, 0.15) is 5.60 Å². The lowest BCUT2D eigenvalue weighted by Crippen LogP contribution is -2.30. The van der Waals surface area contributed by atoms with Gasteiger partial charge in [-0.25, -0.2) is 0 Å². The van der Waals surface area contributed by atoms with E-state index in [-0.39, 0.29) is 5.60 Å². The molecule has 84 valence electrons. The summed E-state index contributed by atoms with van der Waals surface area (Å²) in [4.78, 5) is 0. The van der Waals surface area contributed by atoms with E-state index >= 15 is 0 Å². The van der Waals surface area contributed by atoms with Crippen molar-refractivity contribution in [1.82, 2.24) is 0 Å². The average molecular weight is 229 g/mol. The quantitative estimate of drug-likeness (QED) is 0.736. The van der Waals surface area contributed by atoms with E-state index in [4.69, 9.17) is 21.1 Å². The van der Waals surface area contributed by atoms with Crippen LogP contribution in [0.5, 0.6) is 11.5 Å². The van der Waals surface area contributed by atoms with Crippen molar-refractivity contribution in [3.8, 4) is 11.5 Å². The van der Waals surface area contributed by atoms with Gasteiger partial charge < -0.3 is 9.47 Å². The molecule has 0 fully saturated rings. The highest BCUT2D eigenvalue weighted by Gasteiger charge is 2.20. The lowest BCUT2D eigenvalue weighted by molar-refractivity contribution is 0.129. The van der Waals surface area contributed by atoms with Crippen LogP contribution in [0.15, 0.2) is 18.2 Å². The Hall–Kier alpha value is -0.890. The number of aryl methyl sites for hydroxylation is 1. The summed E-state index contributed by atoms with van der Waals surface area (Å²) in [5.41, 5.74) is 0.757. The van der Waals surface area contributed by atoms with Crippen LogP contribution in [0.4, 0.5) is 0 Å². The van der Waals surface area contributed by atoms with Crippen molar-refractivity contribution in [2.75, 3.05) is 13.0 Å². The maximum atomic E-state index is 5.80. The first kappa shape index (κ1) is 12.2. The lowest BCUT2D eigenvalue weighted by Gasteiger charge is -2.25. The fourth-order valence-corrected chi connectivity index (χ4v) is 1.24. The van der Waals surface area contributed by atoms with Crippen LogP contribution in [0.2, 0.25) is 0 Å². The molecule has 0 saturated heterocycles. The van der Waals surface area contributed by atoms with E-state index in [1.165, 1.54) is 0 Å². The van der Waals surface area contributed by atoms with Crippen LogP contribution in [-0.2, 0) is 0 Å². The normalized spacial score (nSPS) is 11.3. The van der Waals surface area contributed by atoms with Crippen molar-refractivity contribution in [3.63, 3.8) is 0 Å². The highest BCUT2D eigenvalue weighted by molar-refractivity contribution is 6.18. The van der Waals surface area contributed by atoms with E-state index in [1.54, 1.807) is 7.11 Å². The van der Waals surface area contributed by atoms with Crippen LogP contribution in [0.25, 0.3) is 0 Å². The van der Waals surface area contributed by atoms with Crippen molar-refractivity contribution >= 4 is 11.6 Å². The van der Waals surface area contributed by atoms with E-state index in [1.807, 2.05) is 39.0 Å². The van der Waals surface area contributed by atoms with Gasteiger partial charge in [-0.3, -0.25) is 0 Å². The zero-order chi connectivity index (χ0) is 11.5. The molecule has 3 heteroatoms. The molecule has 15 heavy (non-hydrogen) atoms. The molecule has 0 bridgehead atoms. The van der Waals surface area contributed by atoms with Crippen molar-refractivity contribution < 1.29 is 9.47 Å². The summed E-state index contributed by atoms with van der Waals surface area (Å²) in [5, 5.41) is 0. The highest BCUT2D eigenvalue weighted by Crippen LogP contribution is 2.31. The molecule has 0 radical (unpaired) electrons. The molecule has 0 heterocycles.